The molecule has 0 fully saturated rings. The van der Waals surface area contributed by atoms with Crippen molar-refractivity contribution in [3.05, 3.63) is 66.7 Å². The molecular weight excluding hydrogens is 341 g/mol. The van der Waals surface area contributed by atoms with Gasteiger partial charge in [-0.05, 0) is 19.1 Å². The Morgan fingerprint density at radius 3 is 2.67 bits per heavy atom. The van der Waals surface area contributed by atoms with Gasteiger partial charge in [-0.15, -0.1) is 0 Å². The third-order valence-corrected chi connectivity index (χ3v) is 3.54. The third kappa shape index (κ3) is 2.95. The summed E-state index contributed by atoms with van der Waals surface area (Å²) in [5.41, 5.74) is -1.22. The molecule has 5 nitrogen and oxygen atoms in total. The van der Waals surface area contributed by atoms with Crippen molar-refractivity contribution in [3.8, 4) is 6.07 Å². The maximum atomic E-state index is 13.8. The predicted octanol–water partition coefficient (Wildman–Crippen LogP) is 1.85. The molecule has 108 valence electrons. The predicted molar refractivity (Wildman–Crippen MR) is 78.6 cm³/mol. The van der Waals surface area contributed by atoms with E-state index in [4.69, 9.17) is 5.26 Å². The molecule has 0 saturated carbocycles. The van der Waals surface area contributed by atoms with Crippen molar-refractivity contribution < 1.29 is 4.39 Å². The van der Waals surface area contributed by atoms with Gasteiger partial charge in [0.15, 0.2) is 0 Å². The van der Waals surface area contributed by atoms with E-state index < -0.39 is 17.1 Å². The second-order valence-corrected chi connectivity index (χ2v) is 5.27. The standard InChI is InChI=1S/C14H11BrFN3O2/c1-2-18-7-10(6-17)13(20)19(14(18)21)8-9-3-4-11(15)5-12(9)16/h3-5,7H,2,8H2,1H3. The Hall–Kier alpha value is -2.20. The van der Waals surface area contributed by atoms with Crippen LogP contribution in [0.1, 0.15) is 18.1 Å². The summed E-state index contributed by atoms with van der Waals surface area (Å²) in [7, 11) is 0. The zero-order chi connectivity index (χ0) is 15.6. The molecule has 7 heteroatoms. The molecule has 0 bridgehead atoms. The quantitative estimate of drug-likeness (QED) is 0.847. The van der Waals surface area contributed by atoms with E-state index in [1.807, 2.05) is 0 Å². The highest BCUT2D eigenvalue weighted by molar-refractivity contribution is 9.10. The number of hydrogen-bond donors (Lipinski definition) is 0. The van der Waals surface area contributed by atoms with Gasteiger partial charge in [-0.3, -0.25) is 13.9 Å². The topological polar surface area (TPSA) is 67.8 Å². The van der Waals surface area contributed by atoms with Crippen LogP contribution in [-0.2, 0) is 13.1 Å². The van der Waals surface area contributed by atoms with Crippen molar-refractivity contribution in [2.45, 2.75) is 20.0 Å². The van der Waals surface area contributed by atoms with Crippen LogP contribution in [0.4, 0.5) is 4.39 Å². The van der Waals surface area contributed by atoms with Crippen LogP contribution < -0.4 is 11.2 Å². The molecule has 0 N–H and O–H groups in total. The fraction of sp³-hybridized carbons (Fsp3) is 0.214. The van der Waals surface area contributed by atoms with Gasteiger partial charge in [-0.1, -0.05) is 22.0 Å². The highest BCUT2D eigenvalue weighted by Crippen LogP contribution is 2.15. The lowest BCUT2D eigenvalue weighted by Crippen LogP contribution is -2.41. The van der Waals surface area contributed by atoms with E-state index in [0.717, 1.165) is 4.57 Å². The molecule has 0 radical (unpaired) electrons. The van der Waals surface area contributed by atoms with E-state index in [1.165, 1.54) is 22.9 Å². The SMILES string of the molecule is CCn1cc(C#N)c(=O)n(Cc2ccc(Br)cc2F)c1=O. The molecule has 0 spiro atoms. The summed E-state index contributed by atoms with van der Waals surface area (Å²) >= 11 is 3.14. The summed E-state index contributed by atoms with van der Waals surface area (Å²) < 4.78 is 16.5. The Morgan fingerprint density at radius 1 is 1.38 bits per heavy atom. The summed E-state index contributed by atoms with van der Waals surface area (Å²) in [6.45, 7) is 1.82. The number of halogens is 2. The molecule has 1 heterocycles. The number of nitriles is 1. The lowest BCUT2D eigenvalue weighted by Gasteiger charge is -2.10. The maximum absolute atomic E-state index is 13.8. The molecule has 0 aliphatic heterocycles. The number of nitrogens with zero attached hydrogens (tertiary/aromatic N) is 3. The Balaban J connectivity index is 2.61. The second-order valence-electron chi connectivity index (χ2n) is 4.35. The summed E-state index contributed by atoms with van der Waals surface area (Å²) in [6, 6.07) is 6.12. The molecule has 21 heavy (non-hydrogen) atoms. The first-order valence-corrected chi connectivity index (χ1v) is 6.95. The Morgan fingerprint density at radius 2 is 2.10 bits per heavy atom. The largest absolute Gasteiger partial charge is 0.331 e. The minimum absolute atomic E-state index is 0.144. The van der Waals surface area contributed by atoms with Crippen molar-refractivity contribution in [1.29, 1.82) is 5.26 Å². The number of aryl methyl sites for hydroxylation is 1. The van der Waals surface area contributed by atoms with Gasteiger partial charge in [0.05, 0.1) is 6.54 Å². The van der Waals surface area contributed by atoms with Gasteiger partial charge >= 0.3 is 5.69 Å². The molecule has 2 aromatic rings. The number of hydrogen-bond acceptors (Lipinski definition) is 3. The first-order chi connectivity index (χ1) is 9.97. The Labute approximate surface area is 128 Å². The fourth-order valence-corrected chi connectivity index (χ4v) is 2.25. The lowest BCUT2D eigenvalue weighted by molar-refractivity contribution is 0.564. The smallest absolute Gasteiger partial charge is 0.299 e. The van der Waals surface area contributed by atoms with Gasteiger partial charge in [-0.25, -0.2) is 9.18 Å². The van der Waals surface area contributed by atoms with Gasteiger partial charge in [-0.2, -0.15) is 5.26 Å². The summed E-state index contributed by atoms with van der Waals surface area (Å²) in [5, 5.41) is 8.95. The minimum atomic E-state index is -0.713. The highest BCUT2D eigenvalue weighted by atomic mass is 79.9. The number of rotatable bonds is 3. The van der Waals surface area contributed by atoms with E-state index in [9.17, 15) is 14.0 Å². The molecule has 0 atom stereocenters. The zero-order valence-electron chi connectivity index (χ0n) is 11.1. The number of aromatic nitrogens is 2. The van der Waals surface area contributed by atoms with E-state index in [-0.39, 0.29) is 17.7 Å². The van der Waals surface area contributed by atoms with Crippen LogP contribution in [-0.4, -0.2) is 9.13 Å². The van der Waals surface area contributed by atoms with Gasteiger partial charge in [0.2, 0.25) is 0 Å². The van der Waals surface area contributed by atoms with Crippen LogP contribution in [0.2, 0.25) is 0 Å². The molecule has 0 aliphatic carbocycles. The first-order valence-electron chi connectivity index (χ1n) is 6.16. The lowest BCUT2D eigenvalue weighted by atomic mass is 10.2. The van der Waals surface area contributed by atoms with Crippen LogP contribution in [0.25, 0.3) is 0 Å². The van der Waals surface area contributed by atoms with Crippen molar-refractivity contribution in [2.24, 2.45) is 0 Å². The van der Waals surface area contributed by atoms with Crippen molar-refractivity contribution >= 4 is 15.9 Å². The van der Waals surface area contributed by atoms with Crippen LogP contribution in [0, 0.1) is 17.1 Å². The second kappa shape index (κ2) is 6.06. The molecular formula is C14H11BrFN3O2. The molecule has 0 aliphatic rings. The molecule has 2 rings (SSSR count). The van der Waals surface area contributed by atoms with Crippen molar-refractivity contribution in [1.82, 2.24) is 9.13 Å². The fourth-order valence-electron chi connectivity index (χ4n) is 1.92. The first kappa shape index (κ1) is 15.2. The minimum Gasteiger partial charge on any atom is -0.299 e. The van der Waals surface area contributed by atoms with Crippen LogP contribution in [0.5, 0.6) is 0 Å². The Kier molecular flexibility index (Phi) is 4.38. The van der Waals surface area contributed by atoms with E-state index in [2.05, 4.69) is 15.9 Å². The highest BCUT2D eigenvalue weighted by Gasteiger charge is 2.13. The Bertz CT molecular complexity index is 849. The number of benzene rings is 1. The third-order valence-electron chi connectivity index (χ3n) is 3.04. The van der Waals surface area contributed by atoms with Gasteiger partial charge in [0.25, 0.3) is 5.56 Å². The van der Waals surface area contributed by atoms with Crippen LogP contribution in [0.15, 0.2) is 38.5 Å². The van der Waals surface area contributed by atoms with Crippen LogP contribution in [0.3, 0.4) is 0 Å². The summed E-state index contributed by atoms with van der Waals surface area (Å²) in [6.07, 6.45) is 1.22. The normalized spacial score (nSPS) is 10.4. The average molecular weight is 352 g/mol. The summed E-state index contributed by atoms with van der Waals surface area (Å²) in [5.74, 6) is -0.527. The summed E-state index contributed by atoms with van der Waals surface area (Å²) in [4.78, 5) is 24.2. The molecule has 1 aromatic heterocycles. The van der Waals surface area contributed by atoms with E-state index in [1.54, 1.807) is 19.1 Å². The van der Waals surface area contributed by atoms with E-state index >= 15 is 0 Å². The van der Waals surface area contributed by atoms with Crippen molar-refractivity contribution in [2.75, 3.05) is 0 Å². The van der Waals surface area contributed by atoms with E-state index in [0.29, 0.717) is 11.0 Å². The molecule has 0 unspecified atom stereocenters. The average Bonchev–Trinajstić information content (AvgIpc) is 2.46. The molecule has 0 amide bonds. The van der Waals surface area contributed by atoms with Crippen molar-refractivity contribution in [3.63, 3.8) is 0 Å². The monoisotopic (exact) mass is 351 g/mol. The van der Waals surface area contributed by atoms with Crippen LogP contribution >= 0.6 is 15.9 Å². The van der Waals surface area contributed by atoms with Gasteiger partial charge in [0.1, 0.15) is 17.4 Å². The maximum Gasteiger partial charge on any atom is 0.331 e. The van der Waals surface area contributed by atoms with Gasteiger partial charge in [0, 0.05) is 22.8 Å². The van der Waals surface area contributed by atoms with Gasteiger partial charge < -0.3 is 0 Å². The zero-order valence-corrected chi connectivity index (χ0v) is 12.7. The molecule has 1 aromatic carbocycles. The molecule has 0 saturated heterocycles.